The molecule has 2 aromatic carbocycles. The molecule has 4 nitrogen and oxygen atoms in total. The second-order valence-corrected chi connectivity index (χ2v) is 8.54. The van der Waals surface area contributed by atoms with E-state index in [1.807, 2.05) is 36.4 Å². The summed E-state index contributed by atoms with van der Waals surface area (Å²) in [7, 11) is 0. The molecule has 1 aromatic heterocycles. The zero-order valence-corrected chi connectivity index (χ0v) is 17.5. The largest absolute Gasteiger partial charge is 0.424 e. The van der Waals surface area contributed by atoms with E-state index in [9.17, 15) is 0 Å². The summed E-state index contributed by atoms with van der Waals surface area (Å²) < 4.78 is 5.77. The third-order valence-electron chi connectivity index (χ3n) is 5.41. The molecule has 1 aliphatic heterocycles. The number of piperidine rings is 1. The number of hydrogen-bond acceptors (Lipinski definition) is 4. The molecule has 0 saturated carbocycles. The summed E-state index contributed by atoms with van der Waals surface area (Å²) in [4.78, 5) is 7.02. The Labute approximate surface area is 175 Å². The smallest absolute Gasteiger partial charge is 0.295 e. The molecule has 0 spiro atoms. The molecule has 3 aromatic rings. The predicted molar refractivity (Wildman–Crippen MR) is 116 cm³/mol. The van der Waals surface area contributed by atoms with Gasteiger partial charge in [-0.15, -0.1) is 0 Å². The zero-order valence-electron chi connectivity index (χ0n) is 16.0. The number of para-hydroxylation sites is 2. The Morgan fingerprint density at radius 1 is 1.14 bits per heavy atom. The van der Waals surface area contributed by atoms with Gasteiger partial charge in [0, 0.05) is 12.6 Å². The Bertz CT molecular complexity index is 901. The number of fused-ring (bicyclic) bond motifs is 1. The van der Waals surface area contributed by atoms with Crippen molar-refractivity contribution in [3.8, 4) is 0 Å². The molecule has 6 heteroatoms. The van der Waals surface area contributed by atoms with Gasteiger partial charge in [0.25, 0.3) is 6.01 Å². The minimum atomic E-state index is 0.277. The summed E-state index contributed by atoms with van der Waals surface area (Å²) in [5, 5.41) is 4.67. The minimum Gasteiger partial charge on any atom is -0.424 e. The quantitative estimate of drug-likeness (QED) is 0.542. The predicted octanol–water partition coefficient (Wildman–Crippen LogP) is 5.89. The second-order valence-electron chi connectivity index (χ2n) is 7.73. The van der Waals surface area contributed by atoms with Gasteiger partial charge in [-0.25, -0.2) is 0 Å². The SMILES string of the molecule is CC(CN1CCC(Cc2ccc(Cl)c(Cl)c2)CC1)Nc1nc2ccccc2o1. The van der Waals surface area contributed by atoms with Crippen LogP contribution >= 0.6 is 23.2 Å². The van der Waals surface area contributed by atoms with Gasteiger partial charge in [-0.1, -0.05) is 41.4 Å². The Morgan fingerprint density at radius 2 is 1.93 bits per heavy atom. The van der Waals surface area contributed by atoms with Crippen molar-refractivity contribution in [3.63, 3.8) is 0 Å². The van der Waals surface area contributed by atoms with Crippen molar-refractivity contribution >= 4 is 40.3 Å². The van der Waals surface area contributed by atoms with Crippen molar-refractivity contribution in [3.05, 3.63) is 58.1 Å². The highest BCUT2D eigenvalue weighted by Gasteiger charge is 2.21. The molecule has 0 bridgehead atoms. The molecule has 1 fully saturated rings. The van der Waals surface area contributed by atoms with Gasteiger partial charge in [0.05, 0.1) is 10.0 Å². The molecule has 0 aliphatic carbocycles. The maximum absolute atomic E-state index is 6.14. The van der Waals surface area contributed by atoms with Crippen molar-refractivity contribution in [1.82, 2.24) is 9.88 Å². The maximum atomic E-state index is 6.14. The average Bonchev–Trinajstić information content (AvgIpc) is 3.08. The van der Waals surface area contributed by atoms with E-state index < -0.39 is 0 Å². The van der Waals surface area contributed by atoms with Gasteiger partial charge >= 0.3 is 0 Å². The Balaban J connectivity index is 1.25. The number of oxazole rings is 1. The third-order valence-corrected chi connectivity index (χ3v) is 6.15. The number of halogens is 2. The highest BCUT2D eigenvalue weighted by Crippen LogP contribution is 2.27. The number of hydrogen-bond donors (Lipinski definition) is 1. The van der Waals surface area contributed by atoms with E-state index in [0.717, 1.165) is 37.2 Å². The summed E-state index contributed by atoms with van der Waals surface area (Å²) in [5.74, 6) is 0.703. The van der Waals surface area contributed by atoms with Crippen molar-refractivity contribution in [1.29, 1.82) is 0 Å². The molecule has 148 valence electrons. The molecule has 28 heavy (non-hydrogen) atoms. The summed E-state index contributed by atoms with van der Waals surface area (Å²) in [6.45, 7) is 5.39. The standard InChI is InChI=1S/C22H25Cl2N3O/c1-15(25-22-26-20-4-2-3-5-21(20)28-22)14-27-10-8-16(9-11-27)12-17-6-7-18(23)19(24)13-17/h2-7,13,15-16H,8-12,14H2,1H3,(H,25,26). The van der Waals surface area contributed by atoms with Gasteiger partial charge < -0.3 is 14.6 Å². The number of nitrogens with zero attached hydrogens (tertiary/aromatic N) is 2. The van der Waals surface area contributed by atoms with Crippen LogP contribution in [0.25, 0.3) is 11.1 Å². The fourth-order valence-electron chi connectivity index (χ4n) is 3.95. The molecule has 4 rings (SSSR count). The Kier molecular flexibility index (Phi) is 6.10. The molecule has 1 N–H and O–H groups in total. The average molecular weight is 418 g/mol. The number of aromatic nitrogens is 1. The highest BCUT2D eigenvalue weighted by molar-refractivity contribution is 6.42. The number of anilines is 1. The van der Waals surface area contributed by atoms with Crippen LogP contribution in [0.2, 0.25) is 10.0 Å². The van der Waals surface area contributed by atoms with E-state index in [-0.39, 0.29) is 6.04 Å². The van der Waals surface area contributed by atoms with Crippen LogP contribution in [0.15, 0.2) is 46.9 Å². The number of rotatable bonds is 6. The maximum Gasteiger partial charge on any atom is 0.295 e. The number of nitrogens with one attached hydrogen (secondary N) is 1. The van der Waals surface area contributed by atoms with Crippen LogP contribution in [-0.2, 0) is 6.42 Å². The van der Waals surface area contributed by atoms with Gasteiger partial charge in [0.2, 0.25) is 0 Å². The van der Waals surface area contributed by atoms with E-state index in [2.05, 4.69) is 28.2 Å². The summed E-state index contributed by atoms with van der Waals surface area (Å²) in [5.41, 5.74) is 2.99. The van der Waals surface area contributed by atoms with Crippen molar-refractivity contribution < 1.29 is 4.42 Å². The molecule has 0 radical (unpaired) electrons. The van der Waals surface area contributed by atoms with Crippen molar-refractivity contribution in [2.24, 2.45) is 5.92 Å². The molecule has 1 aliphatic rings. The molecule has 1 atom stereocenters. The lowest BCUT2D eigenvalue weighted by Gasteiger charge is -2.33. The normalized spacial score (nSPS) is 17.1. The minimum absolute atomic E-state index is 0.277. The molecule has 0 amide bonds. The molecule has 1 saturated heterocycles. The van der Waals surface area contributed by atoms with Crippen molar-refractivity contribution in [2.75, 3.05) is 25.0 Å². The lowest BCUT2D eigenvalue weighted by atomic mass is 9.90. The van der Waals surface area contributed by atoms with Crippen LogP contribution in [0, 0.1) is 5.92 Å². The number of likely N-dealkylation sites (tertiary alicyclic amines) is 1. The summed E-state index contributed by atoms with van der Waals surface area (Å²) >= 11 is 12.2. The van der Waals surface area contributed by atoms with E-state index in [1.54, 1.807) is 0 Å². The van der Waals surface area contributed by atoms with E-state index in [1.165, 1.54) is 18.4 Å². The van der Waals surface area contributed by atoms with Crippen LogP contribution in [0.3, 0.4) is 0 Å². The highest BCUT2D eigenvalue weighted by atomic mass is 35.5. The van der Waals surface area contributed by atoms with Crippen LogP contribution in [0.1, 0.15) is 25.3 Å². The van der Waals surface area contributed by atoms with Gasteiger partial charge in [-0.2, -0.15) is 4.98 Å². The first-order valence-corrected chi connectivity index (χ1v) is 10.6. The number of benzene rings is 2. The monoisotopic (exact) mass is 417 g/mol. The van der Waals surface area contributed by atoms with Gasteiger partial charge in [-0.05, 0) is 75.0 Å². The second kappa shape index (κ2) is 8.73. The lowest BCUT2D eigenvalue weighted by molar-refractivity contribution is 0.179. The Morgan fingerprint density at radius 3 is 2.68 bits per heavy atom. The fourth-order valence-corrected chi connectivity index (χ4v) is 4.27. The lowest BCUT2D eigenvalue weighted by Crippen LogP contribution is -2.40. The molecule has 2 heterocycles. The topological polar surface area (TPSA) is 41.3 Å². The summed E-state index contributed by atoms with van der Waals surface area (Å²) in [6, 6.07) is 14.7. The van der Waals surface area contributed by atoms with E-state index in [0.29, 0.717) is 22.0 Å². The Hall–Kier alpha value is -1.75. The van der Waals surface area contributed by atoms with Crippen LogP contribution in [0.4, 0.5) is 6.01 Å². The van der Waals surface area contributed by atoms with Crippen LogP contribution < -0.4 is 5.32 Å². The van der Waals surface area contributed by atoms with Crippen LogP contribution in [0.5, 0.6) is 0 Å². The van der Waals surface area contributed by atoms with E-state index in [4.69, 9.17) is 27.6 Å². The third kappa shape index (κ3) is 4.80. The van der Waals surface area contributed by atoms with Crippen molar-refractivity contribution in [2.45, 2.75) is 32.2 Å². The van der Waals surface area contributed by atoms with Gasteiger partial charge in [0.1, 0.15) is 5.52 Å². The zero-order chi connectivity index (χ0) is 19.5. The first-order valence-electron chi connectivity index (χ1n) is 9.85. The first-order chi connectivity index (χ1) is 13.6. The van der Waals surface area contributed by atoms with Gasteiger partial charge in [0.15, 0.2) is 5.58 Å². The van der Waals surface area contributed by atoms with E-state index >= 15 is 0 Å². The van der Waals surface area contributed by atoms with Gasteiger partial charge in [-0.3, -0.25) is 0 Å². The fraction of sp³-hybridized carbons (Fsp3) is 0.409. The molecule has 1 unspecified atom stereocenters. The first kappa shape index (κ1) is 19.6. The van der Waals surface area contributed by atoms with Crippen LogP contribution in [-0.4, -0.2) is 35.6 Å². The molecular formula is C22H25Cl2N3O. The molecular weight excluding hydrogens is 393 g/mol. The summed E-state index contributed by atoms with van der Waals surface area (Å²) in [6.07, 6.45) is 3.48.